The topological polar surface area (TPSA) is 18.5 Å². The van der Waals surface area contributed by atoms with Crippen molar-refractivity contribution < 1.29 is 9.47 Å². The van der Waals surface area contributed by atoms with Crippen LogP contribution in [0.4, 0.5) is 0 Å². The average Bonchev–Trinajstić information content (AvgIpc) is 2.60. The molecular weight excluding hydrogens is 344 g/mol. The second-order valence-electron chi connectivity index (χ2n) is 11.2. The highest BCUT2D eigenvalue weighted by atomic mass is 16.7. The SMILES string of the molecule is CCC(C)c1ccc(OC(CC(C)(C)C)OC2CCC(C(C)(C)C)CC2)cc1. The van der Waals surface area contributed by atoms with Crippen LogP contribution in [-0.2, 0) is 4.74 Å². The molecule has 0 spiro atoms. The van der Waals surface area contributed by atoms with E-state index in [4.69, 9.17) is 9.47 Å². The molecule has 0 N–H and O–H groups in total. The molecule has 1 aliphatic rings. The van der Waals surface area contributed by atoms with E-state index in [1.807, 2.05) is 0 Å². The van der Waals surface area contributed by atoms with Gasteiger partial charge in [-0.25, -0.2) is 0 Å². The van der Waals surface area contributed by atoms with Crippen molar-refractivity contribution >= 4 is 0 Å². The summed E-state index contributed by atoms with van der Waals surface area (Å²) < 4.78 is 12.8. The minimum absolute atomic E-state index is 0.171. The van der Waals surface area contributed by atoms with E-state index in [2.05, 4.69) is 79.7 Å². The van der Waals surface area contributed by atoms with Gasteiger partial charge in [-0.2, -0.15) is 0 Å². The Hall–Kier alpha value is -1.02. The van der Waals surface area contributed by atoms with E-state index < -0.39 is 0 Å². The van der Waals surface area contributed by atoms with Crippen LogP contribution >= 0.6 is 0 Å². The fraction of sp³-hybridized carbons (Fsp3) is 0.769. The van der Waals surface area contributed by atoms with Crippen LogP contribution in [0.5, 0.6) is 5.75 Å². The summed E-state index contributed by atoms with van der Waals surface area (Å²) in [5.41, 5.74) is 1.96. The lowest BCUT2D eigenvalue weighted by Gasteiger charge is -2.38. The van der Waals surface area contributed by atoms with Gasteiger partial charge < -0.3 is 9.47 Å². The van der Waals surface area contributed by atoms with Gasteiger partial charge in [0.25, 0.3) is 0 Å². The van der Waals surface area contributed by atoms with Gasteiger partial charge in [-0.15, -0.1) is 0 Å². The van der Waals surface area contributed by atoms with Crippen LogP contribution in [0.25, 0.3) is 0 Å². The Morgan fingerprint density at radius 1 is 0.929 bits per heavy atom. The van der Waals surface area contributed by atoms with E-state index in [-0.39, 0.29) is 11.7 Å². The molecule has 1 aromatic rings. The van der Waals surface area contributed by atoms with Crippen molar-refractivity contribution in [2.24, 2.45) is 16.7 Å². The van der Waals surface area contributed by atoms with E-state index in [0.717, 1.165) is 37.4 Å². The molecule has 1 aromatic carbocycles. The van der Waals surface area contributed by atoms with Crippen molar-refractivity contribution in [3.05, 3.63) is 29.8 Å². The molecule has 160 valence electrons. The summed E-state index contributed by atoms with van der Waals surface area (Å²) in [7, 11) is 0. The Balaban J connectivity index is 1.99. The van der Waals surface area contributed by atoms with Gasteiger partial charge in [0.05, 0.1) is 6.10 Å². The van der Waals surface area contributed by atoms with Crippen molar-refractivity contribution in [1.29, 1.82) is 0 Å². The molecule has 0 saturated heterocycles. The van der Waals surface area contributed by atoms with Crippen molar-refractivity contribution in [2.45, 2.75) is 112 Å². The number of hydrogen-bond acceptors (Lipinski definition) is 2. The van der Waals surface area contributed by atoms with Crippen molar-refractivity contribution in [3.8, 4) is 5.75 Å². The van der Waals surface area contributed by atoms with Crippen molar-refractivity contribution in [1.82, 2.24) is 0 Å². The molecule has 0 radical (unpaired) electrons. The van der Waals surface area contributed by atoms with Gasteiger partial charge in [0, 0.05) is 6.42 Å². The lowest BCUT2D eigenvalue weighted by atomic mass is 9.72. The molecule has 0 aromatic heterocycles. The molecule has 2 nitrogen and oxygen atoms in total. The number of hydrogen-bond donors (Lipinski definition) is 0. The minimum atomic E-state index is -0.175. The van der Waals surface area contributed by atoms with Crippen LogP contribution in [0.1, 0.15) is 105 Å². The molecular formula is C26H44O2. The highest BCUT2D eigenvalue weighted by Crippen LogP contribution is 2.39. The zero-order chi connectivity index (χ0) is 20.9. The van der Waals surface area contributed by atoms with Gasteiger partial charge in [0.2, 0.25) is 6.29 Å². The maximum atomic E-state index is 6.51. The predicted octanol–water partition coefficient (Wildman–Crippen LogP) is 7.96. The molecule has 1 saturated carbocycles. The monoisotopic (exact) mass is 388 g/mol. The molecule has 1 aliphatic carbocycles. The molecule has 0 amide bonds. The first kappa shape index (κ1) is 23.3. The van der Waals surface area contributed by atoms with E-state index in [0.29, 0.717) is 17.4 Å². The van der Waals surface area contributed by atoms with Gasteiger partial charge in [-0.3, -0.25) is 0 Å². The Kier molecular flexibility index (Phi) is 8.02. The van der Waals surface area contributed by atoms with E-state index in [1.54, 1.807) is 0 Å². The number of ether oxygens (including phenoxy) is 2. The zero-order valence-corrected chi connectivity index (χ0v) is 19.7. The smallest absolute Gasteiger partial charge is 0.200 e. The summed E-state index contributed by atoms with van der Waals surface area (Å²) in [6, 6.07) is 8.62. The standard InChI is InChI=1S/C26H44O2/c1-9-19(2)20-10-14-22(15-11-20)27-24(18-25(3,4)5)28-23-16-12-21(13-17-23)26(6,7)8/h10-11,14-15,19,21,23-24H,9,12-13,16-18H2,1-8H3. The summed E-state index contributed by atoms with van der Waals surface area (Å²) in [6.07, 6.45) is 7.04. The third kappa shape index (κ3) is 7.43. The lowest BCUT2D eigenvalue weighted by molar-refractivity contribution is -0.147. The van der Waals surface area contributed by atoms with E-state index in [9.17, 15) is 0 Å². The van der Waals surface area contributed by atoms with Gasteiger partial charge in [0.1, 0.15) is 5.75 Å². The van der Waals surface area contributed by atoms with E-state index in [1.165, 1.54) is 18.4 Å². The Morgan fingerprint density at radius 3 is 1.96 bits per heavy atom. The lowest BCUT2D eigenvalue weighted by Crippen LogP contribution is -2.35. The largest absolute Gasteiger partial charge is 0.465 e. The number of benzene rings is 1. The third-order valence-corrected chi connectivity index (χ3v) is 6.35. The molecule has 0 bridgehead atoms. The van der Waals surface area contributed by atoms with Crippen LogP contribution in [0, 0.1) is 16.7 Å². The molecule has 28 heavy (non-hydrogen) atoms. The highest BCUT2D eigenvalue weighted by molar-refractivity contribution is 5.29. The fourth-order valence-corrected chi connectivity index (χ4v) is 4.16. The summed E-state index contributed by atoms with van der Waals surface area (Å²) in [5.74, 6) is 2.32. The first-order valence-corrected chi connectivity index (χ1v) is 11.4. The predicted molar refractivity (Wildman–Crippen MR) is 120 cm³/mol. The average molecular weight is 389 g/mol. The number of rotatable bonds is 7. The summed E-state index contributed by atoms with van der Waals surface area (Å²) >= 11 is 0. The van der Waals surface area contributed by atoms with Crippen LogP contribution in [0.3, 0.4) is 0 Å². The summed E-state index contributed by atoms with van der Waals surface area (Å²) in [5, 5.41) is 0. The minimum Gasteiger partial charge on any atom is -0.465 e. The Labute approximate surface area is 174 Å². The fourth-order valence-electron chi connectivity index (χ4n) is 4.16. The van der Waals surface area contributed by atoms with Crippen molar-refractivity contribution in [3.63, 3.8) is 0 Å². The Bertz CT molecular complexity index is 568. The van der Waals surface area contributed by atoms with Crippen molar-refractivity contribution in [2.75, 3.05) is 0 Å². The maximum absolute atomic E-state index is 6.51. The highest BCUT2D eigenvalue weighted by Gasteiger charge is 2.32. The normalized spacial score (nSPS) is 23.3. The van der Waals surface area contributed by atoms with Crippen LogP contribution in [-0.4, -0.2) is 12.4 Å². The molecule has 2 heteroatoms. The zero-order valence-electron chi connectivity index (χ0n) is 19.7. The third-order valence-electron chi connectivity index (χ3n) is 6.35. The van der Waals surface area contributed by atoms with Gasteiger partial charge in [0.15, 0.2) is 0 Å². The molecule has 1 fully saturated rings. The second-order valence-corrected chi connectivity index (χ2v) is 11.2. The van der Waals surface area contributed by atoms with Crippen LogP contribution in [0.2, 0.25) is 0 Å². The quantitative estimate of drug-likeness (QED) is 0.441. The van der Waals surface area contributed by atoms with Crippen LogP contribution in [0.15, 0.2) is 24.3 Å². The summed E-state index contributed by atoms with van der Waals surface area (Å²) in [4.78, 5) is 0. The maximum Gasteiger partial charge on any atom is 0.200 e. The first-order chi connectivity index (χ1) is 13.0. The van der Waals surface area contributed by atoms with E-state index >= 15 is 0 Å². The van der Waals surface area contributed by atoms with Gasteiger partial charge in [-0.1, -0.05) is 67.5 Å². The second kappa shape index (κ2) is 9.65. The Morgan fingerprint density at radius 2 is 1.50 bits per heavy atom. The molecule has 2 atom stereocenters. The first-order valence-electron chi connectivity index (χ1n) is 11.4. The van der Waals surface area contributed by atoms with Gasteiger partial charge in [-0.05, 0) is 72.5 Å². The molecule has 2 rings (SSSR count). The molecule has 0 heterocycles. The molecule has 0 aliphatic heterocycles. The van der Waals surface area contributed by atoms with Crippen LogP contribution < -0.4 is 4.74 Å². The summed E-state index contributed by atoms with van der Waals surface area (Å²) in [6.45, 7) is 18.4. The van der Waals surface area contributed by atoms with Gasteiger partial charge >= 0.3 is 0 Å². The molecule has 2 unspecified atom stereocenters.